The van der Waals surface area contributed by atoms with Gasteiger partial charge in [-0.2, -0.15) is 5.10 Å². The number of ether oxygens (including phenoxy) is 1. The van der Waals surface area contributed by atoms with Crippen LogP contribution in [0.5, 0.6) is 5.75 Å². The number of nitrogens with one attached hydrogen (secondary N) is 1. The van der Waals surface area contributed by atoms with Crippen LogP contribution in [0.15, 0.2) is 42.4 Å². The Morgan fingerprint density at radius 3 is 2.85 bits per heavy atom. The summed E-state index contributed by atoms with van der Waals surface area (Å²) in [6.07, 6.45) is 4.53. The number of aromatic nitrogens is 2. The van der Waals surface area contributed by atoms with E-state index in [9.17, 15) is 14.0 Å². The summed E-state index contributed by atoms with van der Waals surface area (Å²) in [5, 5.41) is 15.7. The van der Waals surface area contributed by atoms with Gasteiger partial charge in [0, 0.05) is 31.0 Å². The number of hydrogen-bond donors (Lipinski definition) is 2. The predicted molar refractivity (Wildman–Crippen MR) is 89.5 cm³/mol. The molecule has 0 aliphatic carbocycles. The van der Waals surface area contributed by atoms with Gasteiger partial charge in [0.15, 0.2) is 0 Å². The minimum atomic E-state index is -0.591. The molecule has 0 spiro atoms. The number of rotatable bonds is 7. The number of amides is 2. The SMILES string of the molecule is Cn1cc(COc2ccc(F)cc2NC2=CC(=O)N(CCO)C2=O)cn1. The first kappa shape index (κ1) is 17.6. The molecule has 1 aromatic carbocycles. The molecule has 2 aromatic rings. The van der Waals surface area contributed by atoms with E-state index in [2.05, 4.69) is 10.4 Å². The Morgan fingerprint density at radius 2 is 2.15 bits per heavy atom. The maximum atomic E-state index is 13.6. The molecule has 2 heterocycles. The molecular formula is C17H17FN4O4. The molecule has 0 bridgehead atoms. The Labute approximate surface area is 148 Å². The number of hydrogen-bond acceptors (Lipinski definition) is 6. The van der Waals surface area contributed by atoms with Crippen molar-refractivity contribution in [3.05, 3.63) is 53.7 Å². The lowest BCUT2D eigenvalue weighted by molar-refractivity contribution is -0.137. The van der Waals surface area contributed by atoms with Gasteiger partial charge in [-0.3, -0.25) is 19.2 Å². The van der Waals surface area contributed by atoms with E-state index >= 15 is 0 Å². The van der Waals surface area contributed by atoms with E-state index in [1.807, 2.05) is 0 Å². The first-order valence-electron chi connectivity index (χ1n) is 7.83. The highest BCUT2D eigenvalue weighted by atomic mass is 19.1. The van der Waals surface area contributed by atoms with E-state index in [0.29, 0.717) is 5.75 Å². The molecule has 0 unspecified atom stereocenters. The van der Waals surface area contributed by atoms with Gasteiger partial charge in [0.25, 0.3) is 11.8 Å². The van der Waals surface area contributed by atoms with Crippen molar-refractivity contribution in [2.75, 3.05) is 18.5 Å². The van der Waals surface area contributed by atoms with Crippen LogP contribution < -0.4 is 10.1 Å². The van der Waals surface area contributed by atoms with E-state index in [1.54, 1.807) is 24.1 Å². The molecule has 9 heteroatoms. The molecule has 2 N–H and O–H groups in total. The highest BCUT2D eigenvalue weighted by molar-refractivity contribution is 6.17. The number of imide groups is 1. The van der Waals surface area contributed by atoms with Gasteiger partial charge < -0.3 is 15.2 Å². The Bertz CT molecular complexity index is 877. The fourth-order valence-electron chi connectivity index (χ4n) is 2.49. The lowest BCUT2D eigenvalue weighted by Gasteiger charge is -2.15. The van der Waals surface area contributed by atoms with Crippen LogP contribution in [0.3, 0.4) is 0 Å². The van der Waals surface area contributed by atoms with Crippen LogP contribution >= 0.6 is 0 Å². The Balaban J connectivity index is 1.77. The fourth-order valence-corrected chi connectivity index (χ4v) is 2.49. The van der Waals surface area contributed by atoms with Crippen LogP contribution in [0.4, 0.5) is 10.1 Å². The second kappa shape index (κ2) is 7.36. The van der Waals surface area contributed by atoms with Gasteiger partial charge in [0.2, 0.25) is 0 Å². The Morgan fingerprint density at radius 1 is 1.35 bits per heavy atom. The molecule has 26 heavy (non-hydrogen) atoms. The molecule has 0 atom stereocenters. The van der Waals surface area contributed by atoms with Gasteiger partial charge in [0.05, 0.1) is 25.0 Å². The van der Waals surface area contributed by atoms with Gasteiger partial charge in [0.1, 0.15) is 23.9 Å². The zero-order valence-electron chi connectivity index (χ0n) is 14.0. The minimum Gasteiger partial charge on any atom is -0.487 e. The molecular weight excluding hydrogens is 343 g/mol. The van der Waals surface area contributed by atoms with Crippen LogP contribution in [0.25, 0.3) is 0 Å². The second-order valence-electron chi connectivity index (χ2n) is 5.65. The quantitative estimate of drug-likeness (QED) is 0.709. The lowest BCUT2D eigenvalue weighted by atomic mass is 10.2. The zero-order chi connectivity index (χ0) is 18.7. The summed E-state index contributed by atoms with van der Waals surface area (Å²) < 4.78 is 20.9. The zero-order valence-corrected chi connectivity index (χ0v) is 14.0. The van der Waals surface area contributed by atoms with Gasteiger partial charge in [-0.05, 0) is 12.1 Å². The number of halogens is 1. The number of aliphatic hydroxyl groups excluding tert-OH is 1. The van der Waals surface area contributed by atoms with Crippen molar-refractivity contribution < 1.29 is 23.8 Å². The number of aryl methyl sites for hydroxylation is 1. The molecule has 136 valence electrons. The number of anilines is 1. The van der Waals surface area contributed by atoms with Crippen molar-refractivity contribution >= 4 is 17.5 Å². The number of benzene rings is 1. The lowest BCUT2D eigenvalue weighted by Crippen LogP contribution is -2.34. The van der Waals surface area contributed by atoms with E-state index in [-0.39, 0.29) is 31.1 Å². The van der Waals surface area contributed by atoms with E-state index in [4.69, 9.17) is 9.84 Å². The fraction of sp³-hybridized carbons (Fsp3) is 0.235. The average molecular weight is 360 g/mol. The number of nitrogens with zero attached hydrogens (tertiary/aromatic N) is 3. The topological polar surface area (TPSA) is 96.7 Å². The number of aliphatic hydroxyl groups is 1. The van der Waals surface area contributed by atoms with Crippen LogP contribution in [-0.4, -0.2) is 44.8 Å². The van der Waals surface area contributed by atoms with Crippen molar-refractivity contribution in [1.29, 1.82) is 0 Å². The molecule has 3 rings (SSSR count). The van der Waals surface area contributed by atoms with Crippen LogP contribution in [0.2, 0.25) is 0 Å². The summed E-state index contributed by atoms with van der Waals surface area (Å²) in [4.78, 5) is 24.9. The maximum Gasteiger partial charge on any atom is 0.277 e. The number of β-amino-alcohol motifs (C(OH)–C–C–N with tert-alkyl or cyclic N) is 1. The largest absolute Gasteiger partial charge is 0.487 e. The third-order valence-electron chi connectivity index (χ3n) is 3.70. The van der Waals surface area contributed by atoms with E-state index in [1.165, 1.54) is 18.2 Å². The molecule has 2 amide bonds. The number of carbonyl (C=O) groups is 2. The highest BCUT2D eigenvalue weighted by Gasteiger charge is 2.31. The maximum absolute atomic E-state index is 13.6. The Kier molecular flexibility index (Phi) is 4.99. The van der Waals surface area contributed by atoms with Crippen molar-refractivity contribution in [2.24, 2.45) is 7.05 Å². The first-order valence-corrected chi connectivity index (χ1v) is 7.83. The highest BCUT2D eigenvalue weighted by Crippen LogP contribution is 2.29. The normalized spacial score (nSPS) is 14.0. The molecule has 1 aliphatic heterocycles. The monoisotopic (exact) mass is 360 g/mol. The van der Waals surface area contributed by atoms with Gasteiger partial charge in [-0.25, -0.2) is 4.39 Å². The Hall–Kier alpha value is -3.20. The predicted octanol–water partition coefficient (Wildman–Crippen LogP) is 0.795. The first-order chi connectivity index (χ1) is 12.5. The van der Waals surface area contributed by atoms with Crippen molar-refractivity contribution in [1.82, 2.24) is 14.7 Å². The van der Waals surface area contributed by atoms with Crippen LogP contribution in [-0.2, 0) is 23.2 Å². The van der Waals surface area contributed by atoms with Crippen LogP contribution in [0, 0.1) is 5.82 Å². The van der Waals surface area contributed by atoms with Gasteiger partial charge >= 0.3 is 0 Å². The second-order valence-corrected chi connectivity index (χ2v) is 5.65. The number of carbonyl (C=O) groups excluding carboxylic acids is 2. The van der Waals surface area contributed by atoms with E-state index < -0.39 is 17.6 Å². The molecule has 0 fully saturated rings. The van der Waals surface area contributed by atoms with Crippen molar-refractivity contribution in [2.45, 2.75) is 6.61 Å². The standard InChI is InChI=1S/C17H17FN4O4/c1-21-9-11(8-19-21)10-26-15-3-2-12(18)6-13(15)20-14-7-16(24)22(4-5-23)17(14)25/h2-3,6-9,20,23H,4-5,10H2,1H3. The summed E-state index contributed by atoms with van der Waals surface area (Å²) >= 11 is 0. The minimum absolute atomic E-state index is 0.0136. The summed E-state index contributed by atoms with van der Waals surface area (Å²) in [6.45, 7) is -0.235. The molecule has 1 aliphatic rings. The average Bonchev–Trinajstić information content (AvgIpc) is 3.13. The van der Waals surface area contributed by atoms with Crippen LogP contribution in [0.1, 0.15) is 5.56 Å². The van der Waals surface area contributed by atoms with Crippen molar-refractivity contribution in [3.63, 3.8) is 0 Å². The van der Waals surface area contributed by atoms with Gasteiger partial charge in [-0.15, -0.1) is 0 Å². The van der Waals surface area contributed by atoms with Crippen molar-refractivity contribution in [3.8, 4) is 5.75 Å². The van der Waals surface area contributed by atoms with E-state index in [0.717, 1.165) is 16.5 Å². The summed E-state index contributed by atoms with van der Waals surface area (Å²) in [6, 6.07) is 3.84. The molecule has 1 aromatic heterocycles. The summed E-state index contributed by atoms with van der Waals surface area (Å²) in [7, 11) is 1.78. The molecule has 0 radical (unpaired) electrons. The molecule has 0 saturated heterocycles. The summed E-state index contributed by atoms with van der Waals surface area (Å²) in [5.41, 5.74) is 1.02. The molecule has 0 saturated carbocycles. The molecule has 8 nitrogen and oxygen atoms in total. The smallest absolute Gasteiger partial charge is 0.277 e. The third kappa shape index (κ3) is 3.72. The summed E-state index contributed by atoms with van der Waals surface area (Å²) in [5.74, 6) is -1.34. The van der Waals surface area contributed by atoms with Gasteiger partial charge in [-0.1, -0.05) is 0 Å². The third-order valence-corrected chi connectivity index (χ3v) is 3.70.